The van der Waals surface area contributed by atoms with Gasteiger partial charge in [-0.2, -0.15) is 0 Å². The summed E-state index contributed by atoms with van der Waals surface area (Å²) >= 11 is 0. The molecule has 1 heterocycles. The molecule has 0 spiro atoms. The molecule has 0 atom stereocenters. The van der Waals surface area contributed by atoms with Gasteiger partial charge in [0, 0.05) is 30.8 Å². The van der Waals surface area contributed by atoms with Crippen LogP contribution in [0.5, 0.6) is 0 Å². The van der Waals surface area contributed by atoms with Crippen molar-refractivity contribution in [3.05, 3.63) is 59.7 Å². The minimum absolute atomic E-state index is 0.558. The van der Waals surface area contributed by atoms with Gasteiger partial charge < -0.3 is 25.7 Å². The molecule has 5 N–H and O–H groups in total. The van der Waals surface area contributed by atoms with Gasteiger partial charge in [0.15, 0.2) is 0 Å². The lowest BCUT2D eigenvalue weighted by Crippen LogP contribution is -2.23. The molecule has 0 fully saturated rings. The largest absolute Gasteiger partial charge is 0.478 e. The van der Waals surface area contributed by atoms with Gasteiger partial charge in [0.2, 0.25) is 0 Å². The molecule has 0 saturated carbocycles. The molecule has 0 bridgehead atoms. The van der Waals surface area contributed by atoms with E-state index in [2.05, 4.69) is 29.6 Å². The Kier molecular flexibility index (Phi) is 11.2. The predicted molar refractivity (Wildman–Crippen MR) is 90.7 cm³/mol. The normalized spacial score (nSPS) is 12.2. The summed E-state index contributed by atoms with van der Waals surface area (Å²) in [7, 11) is 0. The Morgan fingerprint density at radius 3 is 1.46 bits per heavy atom. The maximum atomic E-state index is 9.55. The number of rotatable bonds is 4. The van der Waals surface area contributed by atoms with Crippen molar-refractivity contribution in [3.8, 4) is 0 Å². The number of aliphatic carboxylic acids is 4. The van der Waals surface area contributed by atoms with Crippen LogP contribution in [0.4, 0.5) is 0 Å². The van der Waals surface area contributed by atoms with Crippen LogP contribution in [-0.4, -0.2) is 50.8 Å². The third-order valence-electron chi connectivity index (χ3n) is 2.74. The number of hydrogen-bond donors (Lipinski definition) is 5. The smallest absolute Gasteiger partial charge is 0.328 e. The Morgan fingerprint density at radius 2 is 1.12 bits per heavy atom. The average Bonchev–Trinajstić information content (AvgIpc) is 2.59. The minimum atomic E-state index is -1.26. The molecule has 1 aliphatic rings. The fourth-order valence-corrected chi connectivity index (χ4v) is 1.71. The van der Waals surface area contributed by atoms with Crippen LogP contribution in [0.3, 0.4) is 0 Å². The molecular formula is C17H19NO8. The number of hydrogen-bond acceptors (Lipinski definition) is 5. The van der Waals surface area contributed by atoms with E-state index < -0.39 is 23.9 Å². The summed E-state index contributed by atoms with van der Waals surface area (Å²) < 4.78 is 0. The molecule has 0 aromatic heterocycles. The zero-order valence-corrected chi connectivity index (χ0v) is 13.7. The Balaban J connectivity index is 0.000000366. The summed E-state index contributed by atoms with van der Waals surface area (Å²) in [6.07, 6.45) is 3.42. The highest BCUT2D eigenvalue weighted by Crippen LogP contribution is 2.11. The SMILES string of the molecule is O=C(O)/C=C\C(=O)O.O=C(O)/C=C\C(=O)O.c1ccc2c(c1)CCNC2. The first-order valence-corrected chi connectivity index (χ1v) is 7.27. The van der Waals surface area contributed by atoms with E-state index in [9.17, 15) is 19.2 Å². The Hall–Kier alpha value is -3.46. The molecule has 0 unspecified atom stereocenters. The predicted octanol–water partition coefficient (Wildman–Crippen LogP) is 0.756. The summed E-state index contributed by atoms with van der Waals surface area (Å²) in [5.41, 5.74) is 2.98. The van der Waals surface area contributed by atoms with E-state index in [1.807, 2.05) is 0 Å². The Labute approximate surface area is 148 Å². The summed E-state index contributed by atoms with van der Waals surface area (Å²) in [5.74, 6) is -5.03. The van der Waals surface area contributed by atoms with Gasteiger partial charge in [0.05, 0.1) is 0 Å². The van der Waals surface area contributed by atoms with Gasteiger partial charge in [-0.05, 0) is 24.1 Å². The van der Waals surface area contributed by atoms with Crippen LogP contribution in [0.1, 0.15) is 11.1 Å². The second-order valence-electron chi connectivity index (χ2n) is 4.72. The molecule has 0 aliphatic carbocycles. The second kappa shape index (κ2) is 12.9. The van der Waals surface area contributed by atoms with E-state index in [0.717, 1.165) is 13.1 Å². The van der Waals surface area contributed by atoms with Crippen LogP contribution in [-0.2, 0) is 32.1 Å². The van der Waals surface area contributed by atoms with Crippen LogP contribution in [0.25, 0.3) is 0 Å². The molecule has 9 nitrogen and oxygen atoms in total. The lowest BCUT2D eigenvalue weighted by atomic mass is 10.0. The summed E-state index contributed by atoms with van der Waals surface area (Å²) in [5, 5.41) is 34.6. The molecule has 0 radical (unpaired) electrons. The number of carboxylic acid groups (broad SMARTS) is 4. The Bertz CT molecular complexity index is 603. The minimum Gasteiger partial charge on any atom is -0.478 e. The first-order valence-electron chi connectivity index (χ1n) is 7.27. The average molecular weight is 365 g/mol. The molecule has 1 aliphatic heterocycles. The van der Waals surface area contributed by atoms with Gasteiger partial charge in [-0.25, -0.2) is 19.2 Å². The molecule has 0 saturated heterocycles. The quantitative estimate of drug-likeness (QED) is 0.485. The van der Waals surface area contributed by atoms with E-state index in [1.54, 1.807) is 0 Å². The third-order valence-corrected chi connectivity index (χ3v) is 2.74. The van der Waals surface area contributed by atoms with Crippen molar-refractivity contribution in [3.63, 3.8) is 0 Å². The third kappa shape index (κ3) is 13.0. The van der Waals surface area contributed by atoms with Crippen LogP contribution < -0.4 is 5.32 Å². The lowest BCUT2D eigenvalue weighted by molar-refractivity contribution is -0.134. The molecule has 1 aromatic rings. The van der Waals surface area contributed by atoms with Crippen LogP contribution in [0, 0.1) is 0 Å². The fraction of sp³-hybridized carbons (Fsp3) is 0.176. The van der Waals surface area contributed by atoms with Crippen molar-refractivity contribution < 1.29 is 39.6 Å². The second-order valence-corrected chi connectivity index (χ2v) is 4.72. The first kappa shape index (κ1) is 22.5. The van der Waals surface area contributed by atoms with Gasteiger partial charge in [0.1, 0.15) is 0 Å². The first-order chi connectivity index (χ1) is 12.2. The molecule has 0 amide bonds. The van der Waals surface area contributed by atoms with Crippen molar-refractivity contribution in [1.82, 2.24) is 5.32 Å². The molecule has 2 rings (SSSR count). The van der Waals surface area contributed by atoms with Gasteiger partial charge in [0.25, 0.3) is 0 Å². The topological polar surface area (TPSA) is 161 Å². The van der Waals surface area contributed by atoms with Gasteiger partial charge in [-0.3, -0.25) is 0 Å². The molecule has 9 heteroatoms. The van der Waals surface area contributed by atoms with Crippen molar-refractivity contribution >= 4 is 23.9 Å². The zero-order chi connectivity index (χ0) is 19.9. The molecule has 26 heavy (non-hydrogen) atoms. The molecule has 140 valence electrons. The van der Waals surface area contributed by atoms with E-state index in [1.165, 1.54) is 17.5 Å². The lowest BCUT2D eigenvalue weighted by Gasteiger charge is -2.15. The Morgan fingerprint density at radius 1 is 0.731 bits per heavy atom. The maximum Gasteiger partial charge on any atom is 0.328 e. The van der Waals surface area contributed by atoms with Gasteiger partial charge >= 0.3 is 23.9 Å². The highest BCUT2D eigenvalue weighted by molar-refractivity contribution is 5.90. The van der Waals surface area contributed by atoms with Crippen molar-refractivity contribution in [2.24, 2.45) is 0 Å². The number of carbonyl (C=O) groups is 4. The van der Waals surface area contributed by atoms with Crippen LogP contribution in [0.2, 0.25) is 0 Å². The number of nitrogens with one attached hydrogen (secondary N) is 1. The van der Waals surface area contributed by atoms with Gasteiger partial charge in [-0.15, -0.1) is 0 Å². The number of carboxylic acids is 4. The highest BCUT2D eigenvalue weighted by Gasteiger charge is 2.05. The van der Waals surface area contributed by atoms with Crippen molar-refractivity contribution in [2.45, 2.75) is 13.0 Å². The van der Waals surface area contributed by atoms with Gasteiger partial charge in [-0.1, -0.05) is 24.3 Å². The highest BCUT2D eigenvalue weighted by atomic mass is 16.4. The van der Waals surface area contributed by atoms with E-state index in [-0.39, 0.29) is 0 Å². The monoisotopic (exact) mass is 365 g/mol. The summed E-state index contributed by atoms with van der Waals surface area (Å²) in [6, 6.07) is 8.63. The van der Waals surface area contributed by atoms with Crippen molar-refractivity contribution in [2.75, 3.05) is 6.54 Å². The van der Waals surface area contributed by atoms with E-state index in [4.69, 9.17) is 20.4 Å². The summed E-state index contributed by atoms with van der Waals surface area (Å²) in [4.78, 5) is 38.2. The van der Waals surface area contributed by atoms with Crippen molar-refractivity contribution in [1.29, 1.82) is 0 Å². The standard InChI is InChI=1S/C9H11N.2C4H4O4/c1-2-4-9-7-10-6-5-8(9)3-1;2*5-3(6)1-2-4(7)8/h1-4,10H,5-7H2;2*1-2H,(H,5,6)(H,7,8)/b;2*2-1-. The number of benzene rings is 1. The van der Waals surface area contributed by atoms with E-state index >= 15 is 0 Å². The fourth-order valence-electron chi connectivity index (χ4n) is 1.71. The zero-order valence-electron chi connectivity index (χ0n) is 13.7. The summed E-state index contributed by atoms with van der Waals surface area (Å²) in [6.45, 7) is 2.19. The van der Waals surface area contributed by atoms with Crippen LogP contribution >= 0.6 is 0 Å². The molecule has 1 aromatic carbocycles. The molecular weight excluding hydrogens is 346 g/mol. The van der Waals surface area contributed by atoms with Crippen LogP contribution in [0.15, 0.2) is 48.6 Å². The number of fused-ring (bicyclic) bond motifs is 1. The van der Waals surface area contributed by atoms with E-state index in [0.29, 0.717) is 24.3 Å². The maximum absolute atomic E-state index is 9.55.